The second kappa shape index (κ2) is 12.1. The van der Waals surface area contributed by atoms with E-state index in [0.29, 0.717) is 30.1 Å². The first-order chi connectivity index (χ1) is 18.0. The van der Waals surface area contributed by atoms with Crippen LogP contribution in [0.5, 0.6) is 5.75 Å². The number of nitrogens with one attached hydrogen (secondary N) is 3. The number of hydrogen-bond donors (Lipinski definition) is 3. The third kappa shape index (κ3) is 6.43. The van der Waals surface area contributed by atoms with Gasteiger partial charge < -0.3 is 30.5 Å². The van der Waals surface area contributed by atoms with E-state index in [0.717, 1.165) is 56.5 Å². The number of benzene rings is 1. The lowest BCUT2D eigenvalue weighted by Gasteiger charge is -2.36. The van der Waals surface area contributed by atoms with Crippen molar-refractivity contribution in [2.24, 2.45) is 5.92 Å². The lowest BCUT2D eigenvalue weighted by atomic mass is 9.84. The molecular weight excluding hydrogens is 462 g/mol. The molecule has 0 aromatic heterocycles. The first-order valence-corrected chi connectivity index (χ1v) is 14.6. The average molecular weight is 510 g/mol. The number of carbonyl (C=O) groups excluding carboxylic acids is 1. The summed E-state index contributed by atoms with van der Waals surface area (Å²) in [6.07, 6.45) is 13.4. The lowest BCUT2D eigenvalue weighted by Crippen LogP contribution is -2.49. The van der Waals surface area contributed by atoms with Crippen molar-refractivity contribution in [1.29, 1.82) is 0 Å². The Morgan fingerprint density at radius 3 is 2.22 bits per heavy atom. The van der Waals surface area contributed by atoms with E-state index in [4.69, 9.17) is 4.74 Å². The topological polar surface area (TPSA) is 68.9 Å². The molecule has 0 bridgehead atoms. The highest BCUT2D eigenvalue weighted by Crippen LogP contribution is 2.38. The summed E-state index contributed by atoms with van der Waals surface area (Å²) in [5, 5.41) is 11.1. The van der Waals surface area contributed by atoms with Crippen LogP contribution in [0, 0.1) is 5.92 Å². The Morgan fingerprint density at radius 1 is 0.865 bits per heavy atom. The Hall–Kier alpha value is -2.25. The zero-order chi connectivity index (χ0) is 25.8. The number of amides is 1. The Labute approximate surface area is 223 Å². The van der Waals surface area contributed by atoms with Gasteiger partial charge in [-0.25, -0.2) is 0 Å². The first-order valence-electron chi connectivity index (χ1n) is 14.6. The van der Waals surface area contributed by atoms with E-state index in [1.165, 1.54) is 50.0 Å². The van der Waals surface area contributed by atoms with Crippen molar-refractivity contribution in [2.45, 2.75) is 88.4 Å². The predicted molar refractivity (Wildman–Crippen MR) is 151 cm³/mol. The number of rotatable bonds is 7. The van der Waals surface area contributed by atoms with Crippen LogP contribution in [0.25, 0.3) is 5.70 Å². The van der Waals surface area contributed by atoms with Gasteiger partial charge in [0, 0.05) is 54.9 Å². The van der Waals surface area contributed by atoms with Crippen LogP contribution in [-0.2, 0) is 4.79 Å². The fourth-order valence-corrected chi connectivity index (χ4v) is 6.82. The molecule has 5 rings (SSSR count). The summed E-state index contributed by atoms with van der Waals surface area (Å²) < 4.78 is 5.62. The van der Waals surface area contributed by atoms with Crippen LogP contribution in [-0.4, -0.2) is 75.8 Å². The average Bonchev–Trinajstić information content (AvgIpc) is 2.92. The Morgan fingerprint density at radius 2 is 1.51 bits per heavy atom. The Bertz CT molecular complexity index is 941. The van der Waals surface area contributed by atoms with Gasteiger partial charge in [0.25, 0.3) is 0 Å². The maximum atomic E-state index is 13.1. The van der Waals surface area contributed by atoms with Crippen molar-refractivity contribution in [3.63, 3.8) is 0 Å². The molecule has 2 aliphatic heterocycles. The van der Waals surface area contributed by atoms with Crippen molar-refractivity contribution in [3.8, 4) is 5.75 Å². The molecule has 2 heterocycles. The summed E-state index contributed by atoms with van der Waals surface area (Å²) in [6.45, 7) is 3.28. The number of hydrogen-bond acceptors (Lipinski definition) is 6. The van der Waals surface area contributed by atoms with Crippen molar-refractivity contribution >= 4 is 17.3 Å². The smallest absolute Gasteiger partial charge is 0.223 e. The zero-order valence-corrected chi connectivity index (χ0v) is 23.1. The summed E-state index contributed by atoms with van der Waals surface area (Å²) in [6, 6.07) is 8.34. The molecule has 0 atom stereocenters. The molecule has 3 N–H and O–H groups in total. The minimum atomic E-state index is 0.159. The molecule has 3 fully saturated rings. The number of carbonyl (C=O) groups is 1. The molecular formula is C30H47N5O2. The number of nitrogens with zero attached hydrogens (tertiary/aromatic N) is 2. The van der Waals surface area contributed by atoms with Crippen molar-refractivity contribution in [1.82, 2.24) is 20.9 Å². The number of piperidine rings is 1. The van der Waals surface area contributed by atoms with Gasteiger partial charge in [-0.1, -0.05) is 12.1 Å². The summed E-state index contributed by atoms with van der Waals surface area (Å²) in [7, 11) is 6.06. The van der Waals surface area contributed by atoms with Gasteiger partial charge in [-0.05, 0) is 96.5 Å². The molecule has 2 saturated carbocycles. The quantitative estimate of drug-likeness (QED) is 0.520. The van der Waals surface area contributed by atoms with Gasteiger partial charge in [0.05, 0.1) is 12.8 Å². The van der Waals surface area contributed by atoms with Crippen LogP contribution in [0.1, 0.15) is 69.8 Å². The number of anilines is 1. The van der Waals surface area contributed by atoms with Gasteiger partial charge in [-0.15, -0.1) is 0 Å². The molecule has 0 radical (unpaired) electrons. The Kier molecular flexibility index (Phi) is 8.60. The summed E-state index contributed by atoms with van der Waals surface area (Å²) in [5.74, 6) is 1.37. The van der Waals surface area contributed by atoms with E-state index in [1.54, 1.807) is 7.11 Å². The van der Waals surface area contributed by atoms with E-state index in [-0.39, 0.29) is 5.92 Å². The van der Waals surface area contributed by atoms with Gasteiger partial charge in [-0.2, -0.15) is 0 Å². The number of methoxy groups -OCH3 is 1. The van der Waals surface area contributed by atoms with Crippen molar-refractivity contribution in [3.05, 3.63) is 29.8 Å². The molecule has 0 unspecified atom stereocenters. The summed E-state index contributed by atoms with van der Waals surface area (Å²) in [4.78, 5) is 17.7. The maximum Gasteiger partial charge on any atom is 0.223 e. The fraction of sp³-hybridized carbons (Fsp3) is 0.700. The fourth-order valence-electron chi connectivity index (χ4n) is 6.82. The second-order valence-corrected chi connectivity index (χ2v) is 11.8. The molecule has 0 spiro atoms. The summed E-state index contributed by atoms with van der Waals surface area (Å²) >= 11 is 0. The SMILES string of the molecule is COc1cccc2c1N(C)CC=C2NC1CCC(C(=O)NC2CCC(NC3CCN(C)CC3)CC2)CC1. The minimum absolute atomic E-state index is 0.159. The summed E-state index contributed by atoms with van der Waals surface area (Å²) in [5.41, 5.74) is 3.55. The van der Waals surface area contributed by atoms with Gasteiger partial charge in [0.1, 0.15) is 5.75 Å². The third-order valence-electron chi connectivity index (χ3n) is 9.18. The molecule has 1 aromatic carbocycles. The largest absolute Gasteiger partial charge is 0.495 e. The van der Waals surface area contributed by atoms with E-state index in [1.807, 2.05) is 6.07 Å². The maximum absolute atomic E-state index is 13.1. The van der Waals surface area contributed by atoms with Crippen LogP contribution < -0.4 is 25.6 Å². The Balaban J connectivity index is 1.04. The highest BCUT2D eigenvalue weighted by molar-refractivity contribution is 5.83. The minimum Gasteiger partial charge on any atom is -0.495 e. The molecule has 4 aliphatic rings. The standard InChI is InChI=1S/C30H47N5O2/c1-34-18-15-25(16-19-34)31-22-11-13-24(14-12-22)33-30(36)21-7-9-23(10-8-21)32-27-17-20-35(2)29-26(27)5-4-6-28(29)37-3/h4-6,17,21-25,31-32H,7-16,18-20H2,1-3H3,(H,33,36). The lowest BCUT2D eigenvalue weighted by molar-refractivity contribution is -0.127. The van der Waals surface area contributed by atoms with Crippen LogP contribution >= 0.6 is 0 Å². The van der Waals surface area contributed by atoms with Crippen LogP contribution in [0.3, 0.4) is 0 Å². The molecule has 1 saturated heterocycles. The number of likely N-dealkylation sites (tertiary alicyclic amines) is 1. The molecule has 204 valence electrons. The second-order valence-electron chi connectivity index (χ2n) is 11.8. The number of ether oxygens (including phenoxy) is 1. The van der Waals surface area contributed by atoms with E-state index >= 15 is 0 Å². The number of fused-ring (bicyclic) bond motifs is 1. The van der Waals surface area contributed by atoms with Crippen molar-refractivity contribution < 1.29 is 9.53 Å². The number of para-hydroxylation sites is 1. The first kappa shape index (κ1) is 26.4. The van der Waals surface area contributed by atoms with Crippen LogP contribution in [0.15, 0.2) is 24.3 Å². The predicted octanol–water partition coefficient (Wildman–Crippen LogP) is 3.75. The normalized spacial score (nSPS) is 29.3. The molecule has 7 heteroatoms. The monoisotopic (exact) mass is 509 g/mol. The molecule has 37 heavy (non-hydrogen) atoms. The molecule has 1 amide bonds. The highest BCUT2D eigenvalue weighted by Gasteiger charge is 2.31. The molecule has 7 nitrogen and oxygen atoms in total. The number of likely N-dealkylation sites (N-methyl/N-ethyl adjacent to an activating group) is 1. The van der Waals surface area contributed by atoms with Gasteiger partial charge in [-0.3, -0.25) is 4.79 Å². The van der Waals surface area contributed by atoms with Gasteiger partial charge >= 0.3 is 0 Å². The third-order valence-corrected chi connectivity index (χ3v) is 9.18. The van der Waals surface area contributed by atoms with E-state index < -0.39 is 0 Å². The van der Waals surface area contributed by atoms with E-state index in [9.17, 15) is 4.79 Å². The molecule has 1 aromatic rings. The van der Waals surface area contributed by atoms with Crippen molar-refractivity contribution in [2.75, 3.05) is 45.7 Å². The van der Waals surface area contributed by atoms with E-state index in [2.05, 4.69) is 58.1 Å². The van der Waals surface area contributed by atoms with Gasteiger partial charge in [0.2, 0.25) is 5.91 Å². The zero-order valence-electron chi connectivity index (χ0n) is 23.1. The van der Waals surface area contributed by atoms with Crippen LogP contribution in [0.2, 0.25) is 0 Å². The van der Waals surface area contributed by atoms with Gasteiger partial charge in [0.15, 0.2) is 0 Å². The molecule has 2 aliphatic carbocycles. The highest BCUT2D eigenvalue weighted by atomic mass is 16.5. The van der Waals surface area contributed by atoms with Crippen LogP contribution in [0.4, 0.5) is 5.69 Å².